The van der Waals surface area contributed by atoms with Gasteiger partial charge in [0, 0.05) is 18.8 Å². The number of hydrogen-bond donors (Lipinski definition) is 2. The summed E-state index contributed by atoms with van der Waals surface area (Å²) in [5.74, 6) is -0.883. The second-order valence-corrected chi connectivity index (χ2v) is 6.40. The highest BCUT2D eigenvalue weighted by Gasteiger charge is 2.19. The lowest BCUT2D eigenvalue weighted by atomic mass is 10.2. The summed E-state index contributed by atoms with van der Waals surface area (Å²) < 4.78 is 29.6. The predicted molar refractivity (Wildman–Crippen MR) is 103 cm³/mol. The van der Waals surface area contributed by atoms with Gasteiger partial charge in [-0.2, -0.15) is 0 Å². The van der Waals surface area contributed by atoms with Gasteiger partial charge in [0.05, 0.1) is 22.1 Å². The van der Waals surface area contributed by atoms with Crippen LogP contribution < -0.4 is 5.32 Å². The molecule has 8 heteroatoms. The Bertz CT molecular complexity index is 1300. The van der Waals surface area contributed by atoms with Gasteiger partial charge in [-0.3, -0.25) is 0 Å². The van der Waals surface area contributed by atoms with Crippen LogP contribution >= 0.6 is 0 Å². The van der Waals surface area contributed by atoms with Crippen LogP contribution in [0.3, 0.4) is 0 Å². The minimum absolute atomic E-state index is 0.000547. The summed E-state index contributed by atoms with van der Waals surface area (Å²) in [5.41, 5.74) is 3.13. The maximum absolute atomic E-state index is 14.2. The van der Waals surface area contributed by atoms with Crippen molar-refractivity contribution >= 4 is 33.6 Å². The molecule has 28 heavy (non-hydrogen) atoms. The number of anilines is 2. The van der Waals surface area contributed by atoms with Gasteiger partial charge < -0.3 is 14.9 Å². The van der Waals surface area contributed by atoms with Crippen molar-refractivity contribution in [2.24, 2.45) is 7.05 Å². The smallest absolute Gasteiger partial charge is 0.182 e. The maximum atomic E-state index is 14.2. The number of aromatic nitrogens is 5. The number of H-pyrrole nitrogens is 1. The monoisotopic (exact) mass is 376 g/mol. The molecular formula is C20H14F2N6. The summed E-state index contributed by atoms with van der Waals surface area (Å²) in [6.45, 7) is 0. The summed E-state index contributed by atoms with van der Waals surface area (Å²) in [5, 5.41) is 3.55. The molecule has 0 aliphatic rings. The van der Waals surface area contributed by atoms with Gasteiger partial charge in [-0.25, -0.2) is 23.7 Å². The van der Waals surface area contributed by atoms with Crippen LogP contribution in [0.15, 0.2) is 55.0 Å². The van der Waals surface area contributed by atoms with E-state index in [0.29, 0.717) is 22.7 Å². The lowest BCUT2D eigenvalue weighted by molar-refractivity contribution is 0.512. The highest BCUT2D eigenvalue weighted by molar-refractivity contribution is 6.01. The molecule has 5 rings (SSSR count). The summed E-state index contributed by atoms with van der Waals surface area (Å²) >= 11 is 0. The highest BCUT2D eigenvalue weighted by Crippen LogP contribution is 2.34. The zero-order valence-corrected chi connectivity index (χ0v) is 14.7. The van der Waals surface area contributed by atoms with Gasteiger partial charge in [-0.15, -0.1) is 0 Å². The number of aromatic amines is 1. The zero-order chi connectivity index (χ0) is 19.3. The van der Waals surface area contributed by atoms with Crippen LogP contribution in [0.5, 0.6) is 0 Å². The fourth-order valence-electron chi connectivity index (χ4n) is 3.29. The van der Waals surface area contributed by atoms with E-state index in [1.807, 2.05) is 42.1 Å². The highest BCUT2D eigenvalue weighted by atomic mass is 19.2. The Labute approximate surface area is 157 Å². The first-order valence-corrected chi connectivity index (χ1v) is 8.58. The van der Waals surface area contributed by atoms with Crippen molar-refractivity contribution in [1.29, 1.82) is 0 Å². The quantitative estimate of drug-likeness (QED) is 0.485. The second kappa shape index (κ2) is 6.12. The van der Waals surface area contributed by atoms with E-state index in [2.05, 4.69) is 25.3 Å². The Kier molecular flexibility index (Phi) is 3.58. The average molecular weight is 376 g/mol. The fourth-order valence-corrected chi connectivity index (χ4v) is 3.29. The number of hydrogen-bond acceptors (Lipinski definition) is 4. The molecule has 2 aromatic carbocycles. The van der Waals surface area contributed by atoms with Crippen molar-refractivity contribution in [3.05, 3.63) is 66.6 Å². The van der Waals surface area contributed by atoms with Crippen LogP contribution in [-0.4, -0.2) is 24.5 Å². The minimum Gasteiger partial charge on any atom is -0.338 e. The predicted octanol–water partition coefficient (Wildman–Crippen LogP) is 4.53. The minimum atomic E-state index is -0.963. The third kappa shape index (κ3) is 2.50. The molecule has 3 heterocycles. The first kappa shape index (κ1) is 16.4. The number of aryl methyl sites for hydroxylation is 1. The number of para-hydroxylation sites is 2. The molecular weight excluding hydrogens is 362 g/mol. The van der Waals surface area contributed by atoms with Gasteiger partial charge in [-0.05, 0) is 24.3 Å². The summed E-state index contributed by atoms with van der Waals surface area (Å²) in [6, 6.07) is 11.7. The molecule has 0 atom stereocenters. The standard InChI is InChI=1S/C20H14F2N6/c1-28-9-11(18-25-13-6-2-3-7-14(13)26-18)16-19(23-10-24-20(16)28)27-15-8-4-5-12(21)17(15)22/h2-10H,1H3,(H,25,26)(H,23,24,27). The molecule has 0 fully saturated rings. The van der Waals surface area contributed by atoms with Crippen molar-refractivity contribution in [2.75, 3.05) is 5.32 Å². The van der Waals surface area contributed by atoms with Gasteiger partial charge in [0.1, 0.15) is 23.6 Å². The van der Waals surface area contributed by atoms with Crippen LogP contribution in [-0.2, 0) is 7.05 Å². The first-order chi connectivity index (χ1) is 13.6. The SMILES string of the molecule is Cn1cc(-c2nc3ccccc3[nH]2)c2c(Nc3cccc(F)c3F)ncnc21. The molecule has 0 saturated carbocycles. The molecule has 0 saturated heterocycles. The first-order valence-electron chi connectivity index (χ1n) is 8.58. The molecule has 3 aromatic heterocycles. The van der Waals surface area contributed by atoms with Crippen molar-refractivity contribution in [3.63, 3.8) is 0 Å². The van der Waals surface area contributed by atoms with Crippen molar-refractivity contribution < 1.29 is 8.78 Å². The molecule has 2 N–H and O–H groups in total. The van der Waals surface area contributed by atoms with Gasteiger partial charge in [0.15, 0.2) is 11.6 Å². The lowest BCUT2D eigenvalue weighted by Crippen LogP contribution is -2.00. The number of fused-ring (bicyclic) bond motifs is 2. The average Bonchev–Trinajstić information content (AvgIpc) is 3.27. The summed E-state index contributed by atoms with van der Waals surface area (Å²) in [6.07, 6.45) is 3.26. The number of benzene rings is 2. The Morgan fingerprint density at radius 3 is 2.75 bits per heavy atom. The second-order valence-electron chi connectivity index (χ2n) is 6.40. The Morgan fingerprint density at radius 2 is 1.89 bits per heavy atom. The molecule has 0 spiro atoms. The van der Waals surface area contributed by atoms with Gasteiger partial charge in [0.25, 0.3) is 0 Å². The molecule has 0 aliphatic carbocycles. The van der Waals surface area contributed by atoms with Crippen LogP contribution in [0.2, 0.25) is 0 Å². The van der Waals surface area contributed by atoms with Crippen molar-refractivity contribution in [2.45, 2.75) is 0 Å². The van der Waals surface area contributed by atoms with Crippen LogP contribution in [0.1, 0.15) is 0 Å². The normalized spacial score (nSPS) is 11.4. The van der Waals surface area contributed by atoms with Gasteiger partial charge in [-0.1, -0.05) is 18.2 Å². The third-order valence-electron chi connectivity index (χ3n) is 4.60. The van der Waals surface area contributed by atoms with E-state index in [4.69, 9.17) is 0 Å². The van der Waals surface area contributed by atoms with E-state index in [1.165, 1.54) is 18.5 Å². The van der Waals surface area contributed by atoms with E-state index in [0.717, 1.165) is 22.7 Å². The van der Waals surface area contributed by atoms with Crippen LogP contribution in [0.4, 0.5) is 20.3 Å². The van der Waals surface area contributed by atoms with E-state index in [-0.39, 0.29) is 5.69 Å². The Morgan fingerprint density at radius 1 is 1.04 bits per heavy atom. The molecule has 6 nitrogen and oxygen atoms in total. The molecule has 0 unspecified atom stereocenters. The molecule has 0 radical (unpaired) electrons. The number of imidazole rings is 1. The number of halogens is 2. The van der Waals surface area contributed by atoms with Crippen molar-refractivity contribution in [1.82, 2.24) is 24.5 Å². The maximum Gasteiger partial charge on any atom is 0.182 e. The number of rotatable bonds is 3. The van der Waals surface area contributed by atoms with E-state index >= 15 is 0 Å². The Balaban J connectivity index is 1.71. The summed E-state index contributed by atoms with van der Waals surface area (Å²) in [7, 11) is 1.86. The number of nitrogens with zero attached hydrogens (tertiary/aromatic N) is 4. The topological polar surface area (TPSA) is 71.4 Å². The number of nitrogens with one attached hydrogen (secondary N) is 2. The zero-order valence-electron chi connectivity index (χ0n) is 14.7. The Hall–Kier alpha value is -3.81. The fraction of sp³-hybridized carbons (Fsp3) is 0.0500. The van der Waals surface area contributed by atoms with Crippen LogP contribution in [0.25, 0.3) is 33.5 Å². The van der Waals surface area contributed by atoms with E-state index in [1.54, 1.807) is 0 Å². The van der Waals surface area contributed by atoms with Gasteiger partial charge in [0.2, 0.25) is 0 Å². The molecule has 0 aliphatic heterocycles. The molecule has 0 bridgehead atoms. The van der Waals surface area contributed by atoms with Crippen molar-refractivity contribution in [3.8, 4) is 11.4 Å². The molecule has 0 amide bonds. The van der Waals surface area contributed by atoms with E-state index < -0.39 is 11.6 Å². The summed E-state index contributed by atoms with van der Waals surface area (Å²) in [4.78, 5) is 16.5. The van der Waals surface area contributed by atoms with Gasteiger partial charge >= 0.3 is 0 Å². The van der Waals surface area contributed by atoms with Crippen LogP contribution in [0, 0.1) is 11.6 Å². The van der Waals surface area contributed by atoms with E-state index in [9.17, 15) is 8.78 Å². The molecule has 5 aromatic rings. The lowest BCUT2D eigenvalue weighted by Gasteiger charge is -2.09. The molecule has 138 valence electrons. The largest absolute Gasteiger partial charge is 0.338 e. The third-order valence-corrected chi connectivity index (χ3v) is 4.60.